The van der Waals surface area contributed by atoms with Crippen LogP contribution in [0.25, 0.3) is 5.57 Å². The molecule has 0 radical (unpaired) electrons. The number of hydrogen-bond acceptors (Lipinski definition) is 4. The average molecular weight is 434 g/mol. The fourth-order valence-corrected chi connectivity index (χ4v) is 4.78. The summed E-state index contributed by atoms with van der Waals surface area (Å²) in [6.07, 6.45) is 7.85. The van der Waals surface area contributed by atoms with Crippen molar-refractivity contribution in [3.63, 3.8) is 0 Å². The van der Waals surface area contributed by atoms with Gasteiger partial charge in [-0.3, -0.25) is 4.90 Å². The third kappa shape index (κ3) is 5.62. The lowest BCUT2D eigenvalue weighted by Gasteiger charge is -2.27. The van der Waals surface area contributed by atoms with Gasteiger partial charge >= 0.3 is 0 Å². The maximum atomic E-state index is 9.84. The highest BCUT2D eigenvalue weighted by atomic mass is 16.5. The number of nitrogens with zero attached hydrogens (tertiary/aromatic N) is 1. The molecule has 1 saturated heterocycles. The zero-order valence-corrected chi connectivity index (χ0v) is 19.1. The molecule has 170 valence electrons. The van der Waals surface area contributed by atoms with Gasteiger partial charge in [-0.2, -0.15) is 0 Å². The van der Waals surface area contributed by atoms with Crippen molar-refractivity contribution in [2.24, 2.45) is 5.92 Å². The van der Waals surface area contributed by atoms with E-state index in [4.69, 9.17) is 4.74 Å². The van der Waals surface area contributed by atoms with Crippen LogP contribution in [0.5, 0.6) is 11.5 Å². The largest absolute Gasteiger partial charge is 0.508 e. The molecule has 2 aliphatic rings. The molecule has 1 heterocycles. The molecule has 0 amide bonds. The molecule has 1 atom stereocenters. The molecule has 2 aromatic rings. The van der Waals surface area contributed by atoms with Gasteiger partial charge in [0.05, 0.1) is 0 Å². The van der Waals surface area contributed by atoms with Crippen molar-refractivity contribution in [1.82, 2.24) is 4.90 Å². The van der Waals surface area contributed by atoms with E-state index in [0.717, 1.165) is 37.3 Å². The minimum absolute atomic E-state index is 0.165. The molecular formula is C28H35NO3. The van der Waals surface area contributed by atoms with Crippen molar-refractivity contribution in [1.29, 1.82) is 0 Å². The van der Waals surface area contributed by atoms with Gasteiger partial charge in [-0.25, -0.2) is 0 Å². The fraction of sp³-hybridized carbons (Fsp3) is 0.429. The van der Waals surface area contributed by atoms with Crippen molar-refractivity contribution in [2.75, 3.05) is 32.8 Å². The number of ether oxygens (including phenoxy) is 1. The molecule has 1 unspecified atom stereocenters. The van der Waals surface area contributed by atoms with E-state index in [9.17, 15) is 10.2 Å². The lowest BCUT2D eigenvalue weighted by Crippen LogP contribution is -2.33. The number of likely N-dealkylation sites (tertiary alicyclic amines) is 1. The highest BCUT2D eigenvalue weighted by molar-refractivity contribution is 5.81. The van der Waals surface area contributed by atoms with E-state index in [0.29, 0.717) is 0 Å². The van der Waals surface area contributed by atoms with Crippen LogP contribution in [0.4, 0.5) is 0 Å². The minimum Gasteiger partial charge on any atom is -0.508 e. The number of aliphatic hydroxyl groups excluding tert-OH is 1. The molecular weight excluding hydrogens is 398 g/mol. The van der Waals surface area contributed by atoms with Gasteiger partial charge in [0.25, 0.3) is 0 Å². The Labute approximate surface area is 191 Å². The summed E-state index contributed by atoms with van der Waals surface area (Å²) in [6.45, 7) is 6.43. The second kappa shape index (κ2) is 10.8. The lowest BCUT2D eigenvalue weighted by atomic mass is 9.79. The SMILES string of the molecule is CC1=C(Cc2ccc(OCCN3CCCCC3)cc2)C(c2ccc(O)cc2)=CCC1CO. The lowest BCUT2D eigenvalue weighted by molar-refractivity contribution is 0.183. The van der Waals surface area contributed by atoms with Crippen LogP contribution in [0.1, 0.15) is 43.7 Å². The number of aromatic hydroxyl groups is 1. The Morgan fingerprint density at radius 1 is 0.969 bits per heavy atom. The molecule has 1 aliphatic heterocycles. The molecule has 32 heavy (non-hydrogen) atoms. The average Bonchev–Trinajstić information content (AvgIpc) is 2.83. The highest BCUT2D eigenvalue weighted by Gasteiger charge is 2.22. The first-order chi connectivity index (χ1) is 15.6. The van der Waals surface area contributed by atoms with Crippen LogP contribution in [0.3, 0.4) is 0 Å². The summed E-state index contributed by atoms with van der Waals surface area (Å²) in [5.41, 5.74) is 6.05. The minimum atomic E-state index is 0.165. The van der Waals surface area contributed by atoms with Crippen molar-refractivity contribution in [3.8, 4) is 11.5 Å². The van der Waals surface area contributed by atoms with Gasteiger partial charge in [0.1, 0.15) is 18.1 Å². The summed E-state index contributed by atoms with van der Waals surface area (Å²) in [4.78, 5) is 2.49. The van der Waals surface area contributed by atoms with Crippen LogP contribution < -0.4 is 4.74 Å². The fourth-order valence-electron chi connectivity index (χ4n) is 4.78. The van der Waals surface area contributed by atoms with E-state index in [2.05, 4.69) is 42.2 Å². The van der Waals surface area contributed by atoms with E-state index in [1.54, 1.807) is 12.1 Å². The Kier molecular flexibility index (Phi) is 7.67. The number of hydrogen-bond donors (Lipinski definition) is 2. The van der Waals surface area contributed by atoms with E-state index in [1.165, 1.54) is 54.6 Å². The number of phenols is 1. The summed E-state index contributed by atoms with van der Waals surface area (Å²) in [7, 11) is 0. The van der Waals surface area contributed by atoms with Gasteiger partial charge in [0.2, 0.25) is 0 Å². The number of aliphatic hydroxyl groups is 1. The molecule has 0 spiro atoms. The molecule has 2 N–H and O–H groups in total. The van der Waals surface area contributed by atoms with Crippen LogP contribution >= 0.6 is 0 Å². The molecule has 0 bridgehead atoms. The molecule has 1 aliphatic carbocycles. The second-order valence-electron chi connectivity index (χ2n) is 9.01. The molecule has 4 nitrogen and oxygen atoms in total. The molecule has 4 rings (SSSR count). The molecule has 2 aromatic carbocycles. The Hall–Kier alpha value is -2.56. The Morgan fingerprint density at radius 3 is 2.38 bits per heavy atom. The molecule has 0 saturated carbocycles. The summed E-state index contributed by atoms with van der Waals surface area (Å²) in [5.74, 6) is 1.36. The van der Waals surface area contributed by atoms with Crippen LogP contribution in [0, 0.1) is 5.92 Å². The Balaban J connectivity index is 1.43. The number of piperidine rings is 1. The molecule has 4 heteroatoms. The Bertz CT molecular complexity index is 938. The molecule has 1 fully saturated rings. The van der Waals surface area contributed by atoms with Crippen LogP contribution in [-0.2, 0) is 6.42 Å². The number of phenolic OH excluding ortho intramolecular Hbond substituents is 1. The van der Waals surface area contributed by atoms with Crippen LogP contribution in [0.15, 0.2) is 65.8 Å². The predicted octanol–water partition coefficient (Wildman–Crippen LogP) is 5.21. The van der Waals surface area contributed by atoms with Gasteiger partial charge in [0, 0.05) is 19.1 Å². The number of benzene rings is 2. The van der Waals surface area contributed by atoms with Crippen LogP contribution in [0.2, 0.25) is 0 Å². The zero-order valence-electron chi connectivity index (χ0n) is 19.1. The first kappa shape index (κ1) is 22.6. The van der Waals surface area contributed by atoms with Gasteiger partial charge < -0.3 is 14.9 Å². The first-order valence-electron chi connectivity index (χ1n) is 11.9. The summed E-state index contributed by atoms with van der Waals surface area (Å²) >= 11 is 0. The smallest absolute Gasteiger partial charge is 0.119 e. The topological polar surface area (TPSA) is 52.9 Å². The van der Waals surface area contributed by atoms with E-state index >= 15 is 0 Å². The predicted molar refractivity (Wildman–Crippen MR) is 130 cm³/mol. The van der Waals surface area contributed by atoms with Gasteiger partial charge in [0.15, 0.2) is 0 Å². The maximum Gasteiger partial charge on any atom is 0.119 e. The van der Waals surface area contributed by atoms with Crippen molar-refractivity contribution in [3.05, 3.63) is 76.9 Å². The van der Waals surface area contributed by atoms with E-state index in [1.807, 2.05) is 12.1 Å². The standard InChI is InChI=1S/C28H35NO3/c1-21-24(20-30)9-14-27(23-7-10-25(31)11-8-23)28(21)19-22-5-12-26(13-6-22)32-18-17-29-15-3-2-4-16-29/h5-8,10-14,24,30-31H,2-4,9,15-20H2,1H3. The van der Waals surface area contributed by atoms with E-state index < -0.39 is 0 Å². The number of rotatable bonds is 8. The first-order valence-corrected chi connectivity index (χ1v) is 11.9. The monoisotopic (exact) mass is 433 g/mol. The van der Waals surface area contributed by atoms with Crippen molar-refractivity contribution >= 4 is 5.57 Å². The van der Waals surface area contributed by atoms with E-state index in [-0.39, 0.29) is 18.3 Å². The van der Waals surface area contributed by atoms with Crippen molar-refractivity contribution < 1.29 is 14.9 Å². The summed E-state index contributed by atoms with van der Waals surface area (Å²) in [6, 6.07) is 15.8. The third-order valence-electron chi connectivity index (χ3n) is 6.85. The van der Waals surface area contributed by atoms with Gasteiger partial charge in [-0.15, -0.1) is 0 Å². The Morgan fingerprint density at radius 2 is 1.69 bits per heavy atom. The number of allylic oxidation sites excluding steroid dienone is 3. The zero-order chi connectivity index (χ0) is 22.3. The van der Waals surface area contributed by atoms with Crippen LogP contribution in [-0.4, -0.2) is 48.0 Å². The quantitative estimate of drug-likeness (QED) is 0.600. The summed E-state index contributed by atoms with van der Waals surface area (Å²) in [5, 5.41) is 19.5. The summed E-state index contributed by atoms with van der Waals surface area (Å²) < 4.78 is 5.99. The molecule has 0 aromatic heterocycles. The van der Waals surface area contributed by atoms with Crippen molar-refractivity contribution in [2.45, 2.75) is 39.0 Å². The maximum absolute atomic E-state index is 9.84. The highest BCUT2D eigenvalue weighted by Crippen LogP contribution is 2.37. The second-order valence-corrected chi connectivity index (χ2v) is 9.01. The van der Waals surface area contributed by atoms with Gasteiger partial charge in [-0.05, 0) is 92.2 Å². The normalized spacial score (nSPS) is 19.7. The van der Waals surface area contributed by atoms with Gasteiger partial charge in [-0.1, -0.05) is 42.3 Å². The third-order valence-corrected chi connectivity index (χ3v) is 6.85.